The summed E-state index contributed by atoms with van der Waals surface area (Å²) >= 11 is 3.52. The lowest BCUT2D eigenvalue weighted by atomic mass is 10.2. The third kappa shape index (κ3) is 2.18. The predicted octanol–water partition coefficient (Wildman–Crippen LogP) is 1.91. The number of anilines is 1. The van der Waals surface area contributed by atoms with E-state index in [1.165, 1.54) is 0 Å². The van der Waals surface area contributed by atoms with Gasteiger partial charge in [-0.05, 0) is 47.3 Å². The Balaban J connectivity index is 1.91. The second kappa shape index (κ2) is 4.44. The molecule has 5 nitrogen and oxygen atoms in total. The van der Waals surface area contributed by atoms with Gasteiger partial charge in [-0.1, -0.05) is 0 Å². The molecule has 1 heterocycles. The van der Waals surface area contributed by atoms with Gasteiger partial charge >= 0.3 is 5.69 Å². The standard InChI is InChI=1S/C12H15BrN4O/c13-8-4-10-11(17-12(18)16-10)5-9(8)15-7-2-1-6(14)3-7/h4-7,15H,1-3,14H2,(H2,16,17,18). The molecule has 1 saturated carbocycles. The van der Waals surface area contributed by atoms with Gasteiger partial charge < -0.3 is 21.0 Å². The smallest absolute Gasteiger partial charge is 0.323 e. The van der Waals surface area contributed by atoms with Crippen molar-refractivity contribution < 1.29 is 0 Å². The number of halogens is 1. The van der Waals surface area contributed by atoms with Crippen molar-refractivity contribution in [3.05, 3.63) is 27.1 Å². The molecular weight excluding hydrogens is 296 g/mol. The maximum absolute atomic E-state index is 11.2. The molecule has 18 heavy (non-hydrogen) atoms. The molecule has 5 N–H and O–H groups in total. The molecule has 1 aromatic heterocycles. The van der Waals surface area contributed by atoms with E-state index >= 15 is 0 Å². The third-order valence-electron chi connectivity index (χ3n) is 3.44. The molecule has 2 unspecified atom stereocenters. The van der Waals surface area contributed by atoms with E-state index in [1.54, 1.807) is 0 Å². The number of fused-ring (bicyclic) bond motifs is 1. The van der Waals surface area contributed by atoms with Crippen molar-refractivity contribution >= 4 is 32.7 Å². The molecule has 0 aliphatic heterocycles. The van der Waals surface area contributed by atoms with Gasteiger partial charge in [0.15, 0.2) is 0 Å². The Hall–Kier alpha value is -1.27. The second-order valence-electron chi connectivity index (χ2n) is 4.87. The summed E-state index contributed by atoms with van der Waals surface area (Å²) < 4.78 is 0.950. The summed E-state index contributed by atoms with van der Waals surface area (Å²) in [5.41, 5.74) is 8.34. The van der Waals surface area contributed by atoms with Crippen LogP contribution < -0.4 is 16.7 Å². The Kier molecular flexibility index (Phi) is 2.91. The zero-order valence-corrected chi connectivity index (χ0v) is 11.4. The first kappa shape index (κ1) is 11.8. The maximum Gasteiger partial charge on any atom is 0.323 e. The SMILES string of the molecule is NC1CCC(Nc2cc3[nH]c(=O)[nH]c3cc2Br)C1. The summed E-state index contributed by atoms with van der Waals surface area (Å²) in [6.07, 6.45) is 3.15. The number of nitrogens with one attached hydrogen (secondary N) is 3. The number of aromatic amines is 2. The van der Waals surface area contributed by atoms with E-state index in [9.17, 15) is 4.79 Å². The predicted molar refractivity (Wildman–Crippen MR) is 75.9 cm³/mol. The van der Waals surface area contributed by atoms with Crippen LogP contribution in [0.5, 0.6) is 0 Å². The van der Waals surface area contributed by atoms with Crippen molar-refractivity contribution in [3.8, 4) is 0 Å². The summed E-state index contributed by atoms with van der Waals surface area (Å²) in [4.78, 5) is 16.7. The Morgan fingerprint density at radius 2 is 2.00 bits per heavy atom. The fraction of sp³-hybridized carbons (Fsp3) is 0.417. The summed E-state index contributed by atoms with van der Waals surface area (Å²) in [7, 11) is 0. The van der Waals surface area contributed by atoms with Crippen LogP contribution in [0.3, 0.4) is 0 Å². The van der Waals surface area contributed by atoms with Gasteiger partial charge in [0, 0.05) is 16.6 Å². The lowest BCUT2D eigenvalue weighted by Gasteiger charge is -2.15. The van der Waals surface area contributed by atoms with Crippen molar-refractivity contribution in [2.45, 2.75) is 31.3 Å². The van der Waals surface area contributed by atoms with E-state index in [0.717, 1.165) is 40.5 Å². The van der Waals surface area contributed by atoms with Crippen LogP contribution in [-0.2, 0) is 0 Å². The van der Waals surface area contributed by atoms with Gasteiger partial charge in [0.1, 0.15) is 0 Å². The number of nitrogens with two attached hydrogens (primary N) is 1. The van der Waals surface area contributed by atoms with E-state index in [-0.39, 0.29) is 5.69 Å². The van der Waals surface area contributed by atoms with E-state index in [0.29, 0.717) is 12.1 Å². The van der Waals surface area contributed by atoms with Crippen LogP contribution in [0.4, 0.5) is 5.69 Å². The molecule has 0 radical (unpaired) electrons. The van der Waals surface area contributed by atoms with E-state index < -0.39 is 0 Å². The first-order valence-corrected chi connectivity index (χ1v) is 6.85. The van der Waals surface area contributed by atoms with Crippen molar-refractivity contribution in [1.82, 2.24) is 9.97 Å². The summed E-state index contributed by atoms with van der Waals surface area (Å²) in [5, 5.41) is 3.48. The van der Waals surface area contributed by atoms with Crippen LogP contribution in [0.15, 0.2) is 21.4 Å². The molecule has 2 atom stereocenters. The number of hydrogen-bond donors (Lipinski definition) is 4. The number of aromatic nitrogens is 2. The molecule has 96 valence electrons. The molecule has 1 aliphatic rings. The monoisotopic (exact) mass is 310 g/mol. The molecule has 0 saturated heterocycles. The Labute approximate surface area is 112 Å². The van der Waals surface area contributed by atoms with Crippen LogP contribution in [0.1, 0.15) is 19.3 Å². The van der Waals surface area contributed by atoms with E-state index in [4.69, 9.17) is 5.73 Å². The Bertz CT molecular complexity index is 633. The van der Waals surface area contributed by atoms with E-state index in [1.807, 2.05) is 12.1 Å². The van der Waals surface area contributed by atoms with Gasteiger partial charge in [-0.3, -0.25) is 0 Å². The molecule has 0 bridgehead atoms. The molecule has 1 fully saturated rings. The first-order valence-electron chi connectivity index (χ1n) is 6.05. The number of rotatable bonds is 2. The van der Waals surface area contributed by atoms with Crippen LogP contribution in [-0.4, -0.2) is 22.1 Å². The second-order valence-corrected chi connectivity index (χ2v) is 5.73. The van der Waals surface area contributed by atoms with Crippen LogP contribution in [0, 0.1) is 0 Å². The summed E-state index contributed by atoms with van der Waals surface area (Å²) in [6.45, 7) is 0. The van der Waals surface area contributed by atoms with Crippen LogP contribution in [0.25, 0.3) is 11.0 Å². The average molecular weight is 311 g/mol. The van der Waals surface area contributed by atoms with Crippen molar-refractivity contribution in [3.63, 3.8) is 0 Å². The highest BCUT2D eigenvalue weighted by atomic mass is 79.9. The van der Waals surface area contributed by atoms with Crippen molar-refractivity contribution in [2.75, 3.05) is 5.32 Å². The third-order valence-corrected chi connectivity index (χ3v) is 4.09. The minimum absolute atomic E-state index is 0.183. The molecule has 0 spiro atoms. The topological polar surface area (TPSA) is 86.7 Å². The van der Waals surface area contributed by atoms with Crippen molar-refractivity contribution in [2.24, 2.45) is 5.73 Å². The van der Waals surface area contributed by atoms with Gasteiger partial charge in [-0.15, -0.1) is 0 Å². The number of imidazole rings is 1. The fourth-order valence-corrected chi connectivity index (χ4v) is 2.99. The van der Waals surface area contributed by atoms with Gasteiger partial charge in [-0.25, -0.2) is 4.79 Å². The van der Waals surface area contributed by atoms with E-state index in [2.05, 4.69) is 31.2 Å². The largest absolute Gasteiger partial charge is 0.381 e. The molecule has 3 rings (SSSR count). The molecule has 0 amide bonds. The van der Waals surface area contributed by atoms with Crippen molar-refractivity contribution in [1.29, 1.82) is 0 Å². The Morgan fingerprint density at radius 3 is 2.67 bits per heavy atom. The lowest BCUT2D eigenvalue weighted by Crippen LogP contribution is -2.20. The number of hydrogen-bond acceptors (Lipinski definition) is 3. The van der Waals surface area contributed by atoms with Gasteiger partial charge in [-0.2, -0.15) is 0 Å². The normalized spacial score (nSPS) is 23.7. The van der Waals surface area contributed by atoms with Crippen LogP contribution >= 0.6 is 15.9 Å². The first-order chi connectivity index (χ1) is 8.61. The minimum Gasteiger partial charge on any atom is -0.381 e. The van der Waals surface area contributed by atoms with Crippen LogP contribution in [0.2, 0.25) is 0 Å². The highest BCUT2D eigenvalue weighted by molar-refractivity contribution is 9.10. The Morgan fingerprint density at radius 1 is 1.28 bits per heavy atom. The fourth-order valence-electron chi connectivity index (χ4n) is 2.53. The van der Waals surface area contributed by atoms with Gasteiger partial charge in [0.2, 0.25) is 0 Å². The molecule has 1 aliphatic carbocycles. The number of benzene rings is 1. The maximum atomic E-state index is 11.2. The highest BCUT2D eigenvalue weighted by Gasteiger charge is 2.22. The summed E-state index contributed by atoms with van der Waals surface area (Å²) in [6, 6.07) is 4.57. The quantitative estimate of drug-likeness (QED) is 0.683. The highest BCUT2D eigenvalue weighted by Crippen LogP contribution is 2.29. The zero-order valence-electron chi connectivity index (χ0n) is 9.79. The molecule has 2 aromatic rings. The number of H-pyrrole nitrogens is 2. The lowest BCUT2D eigenvalue weighted by molar-refractivity contribution is 0.688. The zero-order chi connectivity index (χ0) is 12.7. The average Bonchev–Trinajstić information content (AvgIpc) is 2.85. The van der Waals surface area contributed by atoms with Gasteiger partial charge in [0.25, 0.3) is 0 Å². The van der Waals surface area contributed by atoms with Gasteiger partial charge in [0.05, 0.1) is 16.7 Å². The minimum atomic E-state index is -0.183. The molecular formula is C12H15BrN4O. The summed E-state index contributed by atoms with van der Waals surface area (Å²) in [5.74, 6) is 0. The molecule has 1 aromatic carbocycles. The molecule has 6 heteroatoms.